The summed E-state index contributed by atoms with van der Waals surface area (Å²) in [5.41, 5.74) is 0.526. The van der Waals surface area contributed by atoms with Crippen LogP contribution in [0, 0.1) is 12.7 Å². The Morgan fingerprint density at radius 3 is 2.40 bits per heavy atom. The number of nitrogens with zero attached hydrogens (tertiary/aromatic N) is 1. The number of aryl methyl sites for hydroxylation is 1. The Kier molecular flexibility index (Phi) is 4.03. The molecule has 1 aromatic rings. The van der Waals surface area contributed by atoms with Crippen LogP contribution >= 0.6 is 0 Å². The molecule has 0 saturated carbocycles. The highest BCUT2D eigenvalue weighted by Crippen LogP contribution is 2.19. The van der Waals surface area contributed by atoms with Crippen molar-refractivity contribution in [3.63, 3.8) is 0 Å². The molecule has 0 amide bonds. The van der Waals surface area contributed by atoms with Gasteiger partial charge in [0.25, 0.3) is 0 Å². The Hall–Kier alpha value is -1.19. The topological polar surface area (TPSA) is 83.6 Å². The van der Waals surface area contributed by atoms with Crippen molar-refractivity contribution in [3.8, 4) is 0 Å². The Morgan fingerprint density at radius 2 is 1.85 bits per heavy atom. The molecule has 1 aliphatic rings. The van der Waals surface area contributed by atoms with E-state index < -0.39 is 25.9 Å². The molecule has 1 heterocycles. The van der Waals surface area contributed by atoms with Gasteiger partial charge in [0, 0.05) is 13.1 Å². The van der Waals surface area contributed by atoms with Gasteiger partial charge in [-0.25, -0.2) is 12.8 Å². The molecule has 2 rings (SSSR count). The van der Waals surface area contributed by atoms with Crippen LogP contribution in [0.3, 0.4) is 0 Å². The third-order valence-electron chi connectivity index (χ3n) is 3.01. The summed E-state index contributed by atoms with van der Waals surface area (Å²) in [4.78, 5) is 0. The molecule has 1 aromatic carbocycles. The van der Waals surface area contributed by atoms with Gasteiger partial charge in [0.2, 0.25) is 0 Å². The van der Waals surface area contributed by atoms with E-state index in [4.69, 9.17) is 0 Å². The Labute approximate surface area is 117 Å². The van der Waals surface area contributed by atoms with Crippen LogP contribution in [0.25, 0.3) is 0 Å². The zero-order chi connectivity index (χ0) is 15.0. The van der Waals surface area contributed by atoms with Gasteiger partial charge >= 0.3 is 10.2 Å². The first-order chi connectivity index (χ1) is 9.20. The molecule has 112 valence electrons. The zero-order valence-electron chi connectivity index (χ0n) is 10.8. The lowest BCUT2D eigenvalue weighted by atomic mass is 10.2. The smallest absolute Gasteiger partial charge is 0.268 e. The number of benzene rings is 1. The maximum Gasteiger partial charge on any atom is 0.301 e. The standard InChI is InChI=1S/C11H15FN2O4S2/c1-9-2-3-11(10(12)8-9)13-20(17,18)14-4-6-19(15,16)7-5-14/h2-3,8,13H,4-7H2,1H3. The Morgan fingerprint density at radius 1 is 1.25 bits per heavy atom. The molecule has 0 aromatic heterocycles. The summed E-state index contributed by atoms with van der Waals surface area (Å²) < 4.78 is 63.4. The van der Waals surface area contributed by atoms with Gasteiger partial charge in [-0.1, -0.05) is 6.07 Å². The van der Waals surface area contributed by atoms with Crippen LogP contribution < -0.4 is 4.72 Å². The molecule has 0 spiro atoms. The van der Waals surface area contributed by atoms with Gasteiger partial charge in [0.05, 0.1) is 17.2 Å². The molecule has 1 saturated heterocycles. The first-order valence-electron chi connectivity index (χ1n) is 5.94. The van der Waals surface area contributed by atoms with E-state index in [-0.39, 0.29) is 30.3 Å². The van der Waals surface area contributed by atoms with Crippen molar-refractivity contribution in [1.29, 1.82) is 0 Å². The SMILES string of the molecule is Cc1ccc(NS(=O)(=O)N2CCS(=O)(=O)CC2)c(F)c1. The number of hydrogen-bond acceptors (Lipinski definition) is 4. The number of rotatable bonds is 3. The fourth-order valence-corrected chi connectivity index (χ4v) is 4.51. The van der Waals surface area contributed by atoms with E-state index in [1.54, 1.807) is 13.0 Å². The van der Waals surface area contributed by atoms with Gasteiger partial charge in [-0.15, -0.1) is 0 Å². The highest BCUT2D eigenvalue weighted by molar-refractivity contribution is 7.92. The van der Waals surface area contributed by atoms with Gasteiger partial charge in [-0.2, -0.15) is 12.7 Å². The van der Waals surface area contributed by atoms with Crippen LogP contribution in [0.15, 0.2) is 18.2 Å². The molecule has 1 N–H and O–H groups in total. The molecule has 0 radical (unpaired) electrons. The van der Waals surface area contributed by atoms with Gasteiger partial charge in [-0.05, 0) is 24.6 Å². The molecular weight excluding hydrogens is 307 g/mol. The molecule has 20 heavy (non-hydrogen) atoms. The minimum absolute atomic E-state index is 0.120. The normalized spacial score (nSPS) is 19.7. The van der Waals surface area contributed by atoms with Crippen molar-refractivity contribution in [3.05, 3.63) is 29.6 Å². The maximum atomic E-state index is 13.6. The summed E-state index contributed by atoms with van der Waals surface area (Å²) >= 11 is 0. The largest absolute Gasteiger partial charge is 0.301 e. The predicted molar refractivity (Wildman–Crippen MR) is 73.9 cm³/mol. The van der Waals surface area contributed by atoms with Crippen LogP contribution in [0.5, 0.6) is 0 Å². The lowest BCUT2D eigenvalue weighted by Crippen LogP contribution is -2.46. The summed E-state index contributed by atoms with van der Waals surface area (Å²) in [6.45, 7) is 1.45. The van der Waals surface area contributed by atoms with Gasteiger partial charge in [-0.3, -0.25) is 4.72 Å². The molecule has 0 bridgehead atoms. The summed E-state index contributed by atoms with van der Waals surface area (Å²) in [6, 6.07) is 4.14. The number of anilines is 1. The fraction of sp³-hybridized carbons (Fsp3) is 0.455. The van der Waals surface area contributed by atoms with Crippen LogP contribution in [-0.4, -0.2) is 45.7 Å². The predicted octanol–water partition coefficient (Wildman–Crippen LogP) is 0.521. The third kappa shape index (κ3) is 3.47. The van der Waals surface area contributed by atoms with Crippen molar-refractivity contribution < 1.29 is 21.2 Å². The monoisotopic (exact) mass is 322 g/mol. The summed E-state index contributed by atoms with van der Waals surface area (Å²) in [5.74, 6) is -1.10. The van der Waals surface area contributed by atoms with Crippen molar-refractivity contribution in [1.82, 2.24) is 4.31 Å². The van der Waals surface area contributed by atoms with Crippen LogP contribution in [0.2, 0.25) is 0 Å². The van der Waals surface area contributed by atoms with E-state index in [9.17, 15) is 21.2 Å². The first-order valence-corrected chi connectivity index (χ1v) is 9.20. The number of nitrogens with one attached hydrogen (secondary N) is 1. The molecule has 0 unspecified atom stereocenters. The fourth-order valence-electron chi connectivity index (χ4n) is 1.84. The number of halogens is 1. The van der Waals surface area contributed by atoms with E-state index in [2.05, 4.69) is 4.72 Å². The second-order valence-corrected chi connectivity index (χ2v) is 8.62. The minimum atomic E-state index is -3.94. The molecule has 9 heteroatoms. The van der Waals surface area contributed by atoms with Crippen molar-refractivity contribution in [2.75, 3.05) is 29.3 Å². The van der Waals surface area contributed by atoms with Crippen molar-refractivity contribution >= 4 is 25.7 Å². The minimum Gasteiger partial charge on any atom is -0.268 e. The lowest BCUT2D eigenvalue weighted by Gasteiger charge is -2.26. The highest BCUT2D eigenvalue weighted by Gasteiger charge is 2.30. The van der Waals surface area contributed by atoms with Crippen molar-refractivity contribution in [2.24, 2.45) is 0 Å². The van der Waals surface area contributed by atoms with Gasteiger partial charge in [0.1, 0.15) is 5.82 Å². The van der Waals surface area contributed by atoms with Gasteiger partial charge in [0.15, 0.2) is 9.84 Å². The summed E-state index contributed by atoms with van der Waals surface area (Å²) in [5, 5.41) is 0. The van der Waals surface area contributed by atoms with Crippen LogP contribution in [-0.2, 0) is 20.0 Å². The van der Waals surface area contributed by atoms with E-state index in [1.807, 2.05) is 0 Å². The number of hydrogen-bond donors (Lipinski definition) is 1. The molecule has 1 fully saturated rings. The third-order valence-corrected chi connectivity index (χ3v) is 6.14. The zero-order valence-corrected chi connectivity index (χ0v) is 12.5. The quantitative estimate of drug-likeness (QED) is 0.879. The van der Waals surface area contributed by atoms with Gasteiger partial charge < -0.3 is 0 Å². The molecule has 0 aliphatic carbocycles. The van der Waals surface area contributed by atoms with Crippen LogP contribution in [0.1, 0.15) is 5.56 Å². The van der Waals surface area contributed by atoms with Crippen LogP contribution in [0.4, 0.5) is 10.1 Å². The lowest BCUT2D eigenvalue weighted by molar-refractivity contribution is 0.434. The maximum absolute atomic E-state index is 13.6. The van der Waals surface area contributed by atoms with E-state index >= 15 is 0 Å². The Bertz CT molecular complexity index is 702. The molecule has 6 nitrogen and oxygen atoms in total. The molecular formula is C11H15FN2O4S2. The molecule has 1 aliphatic heterocycles. The Balaban J connectivity index is 2.16. The molecule has 0 atom stereocenters. The van der Waals surface area contributed by atoms with Crippen molar-refractivity contribution in [2.45, 2.75) is 6.92 Å². The summed E-state index contributed by atoms with van der Waals surface area (Å²) in [7, 11) is -7.11. The second-order valence-electron chi connectivity index (χ2n) is 4.64. The number of sulfone groups is 1. The van der Waals surface area contributed by atoms with E-state index in [1.165, 1.54) is 12.1 Å². The summed E-state index contributed by atoms with van der Waals surface area (Å²) in [6.07, 6.45) is 0. The van der Waals surface area contributed by atoms with E-state index in [0.29, 0.717) is 5.56 Å². The second kappa shape index (κ2) is 5.30. The first kappa shape index (κ1) is 15.2. The highest BCUT2D eigenvalue weighted by atomic mass is 32.2. The van der Waals surface area contributed by atoms with E-state index in [0.717, 1.165) is 4.31 Å². The average Bonchev–Trinajstić information content (AvgIpc) is 2.32. The average molecular weight is 322 g/mol.